The summed E-state index contributed by atoms with van der Waals surface area (Å²) in [5, 5.41) is 0. The molecule has 0 N–H and O–H groups in total. The molecule has 0 spiro atoms. The zero-order valence-electron chi connectivity index (χ0n) is 13.9. The monoisotopic (exact) mass is 310 g/mol. The Kier molecular flexibility index (Phi) is 8.15. The van der Waals surface area contributed by atoms with Crippen molar-refractivity contribution in [3.05, 3.63) is 42.0 Å². The molecule has 1 unspecified atom stereocenters. The second-order valence-electron chi connectivity index (χ2n) is 5.84. The van der Waals surface area contributed by atoms with Gasteiger partial charge in [-0.2, -0.15) is 0 Å². The van der Waals surface area contributed by atoms with E-state index >= 15 is 0 Å². The number of halogens is 2. The Balaban J connectivity index is 0.000000341. The minimum Gasteiger partial charge on any atom is -0.484 e. The van der Waals surface area contributed by atoms with Gasteiger partial charge in [-0.1, -0.05) is 50.1 Å². The molecule has 0 saturated heterocycles. The smallest absolute Gasteiger partial charge is 0.284 e. The highest BCUT2D eigenvalue weighted by molar-refractivity contribution is 5.26. The van der Waals surface area contributed by atoms with Gasteiger partial charge in [-0.15, -0.1) is 0 Å². The average Bonchev–Trinajstić information content (AvgIpc) is 3.33. The molecule has 0 aliphatic heterocycles. The normalized spacial score (nSPS) is 20.9. The molecule has 1 aromatic carbocycles. The van der Waals surface area contributed by atoms with E-state index in [1.807, 2.05) is 19.1 Å². The van der Waals surface area contributed by atoms with Gasteiger partial charge in [0.15, 0.2) is 6.10 Å². The van der Waals surface area contributed by atoms with Crippen molar-refractivity contribution < 1.29 is 13.5 Å². The second kappa shape index (κ2) is 9.60. The van der Waals surface area contributed by atoms with Crippen LogP contribution in [0, 0.1) is 6.92 Å². The van der Waals surface area contributed by atoms with Crippen LogP contribution in [-0.4, -0.2) is 12.0 Å². The van der Waals surface area contributed by atoms with Crippen LogP contribution in [0.4, 0.5) is 8.78 Å². The minimum atomic E-state index is -2.68. The molecule has 0 heterocycles. The lowest BCUT2D eigenvalue weighted by atomic mass is 9.94. The number of allylic oxidation sites excluding steroid dienone is 2. The summed E-state index contributed by atoms with van der Waals surface area (Å²) in [6.45, 7) is 6.21. The van der Waals surface area contributed by atoms with E-state index in [2.05, 4.69) is 26.0 Å². The SMILES string of the molecule is C1=CC1.CCC.Cc1ccc(OC2CCCCC2(F)F)cc1. The molecule has 1 aromatic rings. The topological polar surface area (TPSA) is 9.23 Å². The molecule has 124 valence electrons. The van der Waals surface area contributed by atoms with Crippen molar-refractivity contribution in [2.24, 2.45) is 0 Å². The maximum Gasteiger partial charge on any atom is 0.284 e. The van der Waals surface area contributed by atoms with Gasteiger partial charge in [-0.05, 0) is 44.7 Å². The molecule has 0 aromatic heterocycles. The molecular weight excluding hydrogens is 282 g/mol. The van der Waals surface area contributed by atoms with Crippen LogP contribution in [0.5, 0.6) is 5.75 Å². The molecule has 1 fully saturated rings. The largest absolute Gasteiger partial charge is 0.484 e. The summed E-state index contributed by atoms with van der Waals surface area (Å²) in [7, 11) is 0. The standard InChI is InChI=1S/C13H16F2O.C3H4.C3H8/c1-10-5-7-11(8-6-10)16-12-4-2-3-9-13(12,14)15;1-2-3-1;1-3-2/h5-8,12H,2-4,9H2,1H3;1-2H,3H2;3H2,1-2H3. The lowest BCUT2D eigenvalue weighted by molar-refractivity contribution is -0.119. The quantitative estimate of drug-likeness (QED) is 0.581. The van der Waals surface area contributed by atoms with Gasteiger partial charge in [0.2, 0.25) is 0 Å². The first-order valence-corrected chi connectivity index (χ1v) is 8.25. The Hall–Kier alpha value is -1.38. The Morgan fingerprint density at radius 1 is 1.09 bits per heavy atom. The van der Waals surface area contributed by atoms with Crippen LogP contribution >= 0.6 is 0 Å². The number of ether oxygens (including phenoxy) is 1. The van der Waals surface area contributed by atoms with Gasteiger partial charge in [0.25, 0.3) is 5.92 Å². The molecule has 3 heteroatoms. The fourth-order valence-corrected chi connectivity index (χ4v) is 1.99. The summed E-state index contributed by atoms with van der Waals surface area (Å²) in [6.07, 6.45) is 7.61. The van der Waals surface area contributed by atoms with E-state index in [1.54, 1.807) is 12.1 Å². The zero-order chi connectivity index (χ0) is 16.4. The van der Waals surface area contributed by atoms with Crippen LogP contribution in [0.3, 0.4) is 0 Å². The van der Waals surface area contributed by atoms with Crippen molar-refractivity contribution in [2.45, 2.75) is 71.3 Å². The molecule has 22 heavy (non-hydrogen) atoms. The van der Waals surface area contributed by atoms with Gasteiger partial charge in [0, 0.05) is 6.42 Å². The van der Waals surface area contributed by atoms with E-state index < -0.39 is 12.0 Å². The van der Waals surface area contributed by atoms with Crippen LogP contribution in [0.1, 0.15) is 57.9 Å². The first kappa shape index (κ1) is 18.7. The molecule has 1 atom stereocenters. The molecule has 1 nitrogen and oxygen atoms in total. The number of hydrogen-bond donors (Lipinski definition) is 0. The Labute approximate surface area is 133 Å². The third kappa shape index (κ3) is 7.58. The van der Waals surface area contributed by atoms with Crippen molar-refractivity contribution in [1.82, 2.24) is 0 Å². The summed E-state index contributed by atoms with van der Waals surface area (Å²) in [4.78, 5) is 0. The fraction of sp³-hybridized carbons (Fsp3) is 0.579. The highest BCUT2D eigenvalue weighted by atomic mass is 19.3. The predicted octanol–water partition coefficient (Wildman–Crippen LogP) is 6.31. The van der Waals surface area contributed by atoms with Gasteiger partial charge < -0.3 is 4.74 Å². The van der Waals surface area contributed by atoms with Crippen LogP contribution in [-0.2, 0) is 0 Å². The Morgan fingerprint density at radius 3 is 2.09 bits per heavy atom. The van der Waals surface area contributed by atoms with Crippen LogP contribution in [0.2, 0.25) is 0 Å². The lowest BCUT2D eigenvalue weighted by Crippen LogP contribution is -2.40. The number of rotatable bonds is 2. The third-order valence-corrected chi connectivity index (χ3v) is 3.23. The van der Waals surface area contributed by atoms with Crippen LogP contribution in [0.15, 0.2) is 36.4 Å². The number of benzene rings is 1. The molecule has 2 aliphatic carbocycles. The summed E-state index contributed by atoms with van der Waals surface area (Å²) in [6, 6.07) is 7.24. The van der Waals surface area contributed by atoms with E-state index in [4.69, 9.17) is 4.74 Å². The van der Waals surface area contributed by atoms with Crippen molar-refractivity contribution in [2.75, 3.05) is 0 Å². The summed E-state index contributed by atoms with van der Waals surface area (Å²) < 4.78 is 32.4. The summed E-state index contributed by atoms with van der Waals surface area (Å²) >= 11 is 0. The summed E-state index contributed by atoms with van der Waals surface area (Å²) in [5.41, 5.74) is 1.10. The molecule has 1 saturated carbocycles. The third-order valence-electron chi connectivity index (χ3n) is 3.23. The van der Waals surface area contributed by atoms with Crippen molar-refractivity contribution >= 4 is 0 Å². The minimum absolute atomic E-state index is 0.0521. The van der Waals surface area contributed by atoms with Gasteiger partial charge in [0.05, 0.1) is 0 Å². The number of aryl methyl sites for hydroxylation is 1. The van der Waals surface area contributed by atoms with Gasteiger partial charge in [-0.25, -0.2) is 8.78 Å². The average molecular weight is 310 g/mol. The van der Waals surface area contributed by atoms with Gasteiger partial charge >= 0.3 is 0 Å². The highest BCUT2D eigenvalue weighted by Crippen LogP contribution is 2.36. The predicted molar refractivity (Wildman–Crippen MR) is 88.7 cm³/mol. The first-order chi connectivity index (χ1) is 10.5. The number of alkyl halides is 2. The Bertz CT molecular complexity index is 433. The molecule has 0 amide bonds. The molecule has 0 bridgehead atoms. The van der Waals surface area contributed by atoms with Crippen molar-refractivity contribution in [3.63, 3.8) is 0 Å². The van der Waals surface area contributed by atoms with E-state index in [1.165, 1.54) is 12.8 Å². The number of hydrogen-bond acceptors (Lipinski definition) is 1. The van der Waals surface area contributed by atoms with E-state index in [-0.39, 0.29) is 6.42 Å². The van der Waals surface area contributed by atoms with E-state index in [9.17, 15) is 8.78 Å². The van der Waals surface area contributed by atoms with E-state index in [0.717, 1.165) is 12.0 Å². The highest BCUT2D eigenvalue weighted by Gasteiger charge is 2.43. The molecule has 0 radical (unpaired) electrons. The molecular formula is C19H28F2O. The maximum atomic E-state index is 13.5. The van der Waals surface area contributed by atoms with E-state index in [0.29, 0.717) is 18.6 Å². The lowest BCUT2D eigenvalue weighted by Gasteiger charge is -2.31. The van der Waals surface area contributed by atoms with Crippen molar-refractivity contribution in [3.8, 4) is 5.75 Å². The maximum absolute atomic E-state index is 13.5. The van der Waals surface area contributed by atoms with Gasteiger partial charge in [-0.3, -0.25) is 0 Å². The molecule has 3 rings (SSSR count). The van der Waals surface area contributed by atoms with Crippen molar-refractivity contribution in [1.29, 1.82) is 0 Å². The van der Waals surface area contributed by atoms with Crippen LogP contribution in [0.25, 0.3) is 0 Å². The molecule has 2 aliphatic rings. The second-order valence-corrected chi connectivity index (χ2v) is 5.84. The van der Waals surface area contributed by atoms with Gasteiger partial charge in [0.1, 0.15) is 5.75 Å². The first-order valence-electron chi connectivity index (χ1n) is 8.25. The zero-order valence-corrected chi connectivity index (χ0v) is 13.9. The fourth-order valence-electron chi connectivity index (χ4n) is 1.99. The Morgan fingerprint density at radius 2 is 1.64 bits per heavy atom. The summed E-state index contributed by atoms with van der Waals surface area (Å²) in [5.74, 6) is -2.14. The van der Waals surface area contributed by atoms with Crippen LogP contribution < -0.4 is 4.74 Å².